The van der Waals surface area contributed by atoms with Crippen molar-refractivity contribution >= 4 is 33.6 Å². The van der Waals surface area contributed by atoms with Crippen LogP contribution in [0.5, 0.6) is 11.5 Å². The third-order valence-electron chi connectivity index (χ3n) is 5.20. The maximum atomic E-state index is 11.6. The van der Waals surface area contributed by atoms with Gasteiger partial charge in [0.1, 0.15) is 30.8 Å². The Bertz CT molecular complexity index is 1250. The van der Waals surface area contributed by atoms with Crippen molar-refractivity contribution in [1.82, 2.24) is 9.88 Å². The molecule has 182 valence electrons. The smallest absolute Gasteiger partial charge is 0.407 e. The van der Waals surface area contributed by atoms with Crippen LogP contribution in [-0.2, 0) is 19.8 Å². The third kappa shape index (κ3) is 7.09. The second-order valence-corrected chi connectivity index (χ2v) is 8.87. The second kappa shape index (κ2) is 12.4. The van der Waals surface area contributed by atoms with Crippen LogP contribution in [-0.4, -0.2) is 39.3 Å². The number of ether oxygens (including phenoxy) is 2. The number of rotatable bonds is 10. The number of carbonyl (C=O) groups is 1. The summed E-state index contributed by atoms with van der Waals surface area (Å²) in [5.74, 6) is 0.736. The van der Waals surface area contributed by atoms with Crippen molar-refractivity contribution in [3.63, 3.8) is 0 Å². The molecule has 8 nitrogen and oxygen atoms in total. The standard InChI is InChI=1S/C25H23BrClN3O5/c1-16-19(3-2-4-21(16)26)15-35-24-9-23(34-14-18-7-17(10-28)11-29-12-18)20(8-22(24)27)13-30(5-6-31)25(32)33/h2-4,7-9,11-12,31H,5-6,13-15H2,1H3,(H,32,33). The van der Waals surface area contributed by atoms with E-state index in [1.165, 1.54) is 6.20 Å². The van der Waals surface area contributed by atoms with Crippen molar-refractivity contribution < 1.29 is 24.5 Å². The van der Waals surface area contributed by atoms with Gasteiger partial charge in [-0.25, -0.2) is 4.79 Å². The number of aliphatic hydroxyl groups is 1. The van der Waals surface area contributed by atoms with E-state index in [0.717, 1.165) is 20.5 Å². The van der Waals surface area contributed by atoms with Crippen molar-refractivity contribution in [2.45, 2.75) is 26.7 Å². The predicted molar refractivity (Wildman–Crippen MR) is 133 cm³/mol. The highest BCUT2D eigenvalue weighted by molar-refractivity contribution is 9.10. The molecule has 0 aliphatic rings. The zero-order chi connectivity index (χ0) is 25.4. The maximum absolute atomic E-state index is 11.6. The predicted octanol–water partition coefficient (Wildman–Crippen LogP) is 5.31. The molecule has 0 bridgehead atoms. The Morgan fingerprint density at radius 2 is 1.94 bits per heavy atom. The fourth-order valence-electron chi connectivity index (χ4n) is 3.27. The lowest BCUT2D eigenvalue weighted by Gasteiger charge is -2.21. The van der Waals surface area contributed by atoms with E-state index >= 15 is 0 Å². The SMILES string of the molecule is Cc1c(Br)cccc1COc1cc(OCc2cncc(C#N)c2)c(CN(CCO)C(=O)O)cc1Cl. The number of carboxylic acid groups (broad SMARTS) is 1. The molecule has 0 aliphatic carbocycles. The van der Waals surface area contributed by atoms with Crippen molar-refractivity contribution in [1.29, 1.82) is 5.26 Å². The molecular weight excluding hydrogens is 538 g/mol. The molecule has 2 N–H and O–H groups in total. The fourth-order valence-corrected chi connectivity index (χ4v) is 3.91. The first-order chi connectivity index (χ1) is 16.8. The Balaban J connectivity index is 1.89. The van der Waals surface area contributed by atoms with Crippen LogP contribution in [0, 0.1) is 18.3 Å². The van der Waals surface area contributed by atoms with Gasteiger partial charge in [-0.05, 0) is 36.2 Å². The van der Waals surface area contributed by atoms with Gasteiger partial charge >= 0.3 is 6.09 Å². The summed E-state index contributed by atoms with van der Waals surface area (Å²) >= 11 is 10.00. The molecule has 1 aromatic heterocycles. The van der Waals surface area contributed by atoms with Crippen LogP contribution in [0.15, 0.2) is 53.3 Å². The van der Waals surface area contributed by atoms with Crippen LogP contribution >= 0.6 is 27.5 Å². The highest BCUT2D eigenvalue weighted by Gasteiger charge is 2.18. The quantitative estimate of drug-likeness (QED) is 0.345. The van der Waals surface area contributed by atoms with Gasteiger partial charge in [0.25, 0.3) is 0 Å². The highest BCUT2D eigenvalue weighted by Crippen LogP contribution is 2.35. The zero-order valence-electron chi connectivity index (χ0n) is 18.9. The van der Waals surface area contributed by atoms with E-state index in [1.54, 1.807) is 24.4 Å². The van der Waals surface area contributed by atoms with Gasteiger partial charge in [-0.1, -0.05) is 39.7 Å². The van der Waals surface area contributed by atoms with E-state index in [1.807, 2.05) is 31.2 Å². The number of pyridine rings is 1. The molecule has 10 heteroatoms. The van der Waals surface area contributed by atoms with Crippen LogP contribution < -0.4 is 9.47 Å². The van der Waals surface area contributed by atoms with Crippen molar-refractivity contribution in [3.8, 4) is 17.6 Å². The minimum Gasteiger partial charge on any atom is -0.488 e. The molecule has 1 heterocycles. The van der Waals surface area contributed by atoms with Crippen LogP contribution in [0.1, 0.15) is 27.8 Å². The molecule has 1 amide bonds. The van der Waals surface area contributed by atoms with Gasteiger partial charge < -0.3 is 24.6 Å². The van der Waals surface area contributed by atoms with Crippen LogP contribution in [0.4, 0.5) is 4.79 Å². The summed E-state index contributed by atoms with van der Waals surface area (Å²) in [5, 5.41) is 28.1. The number of aliphatic hydroxyl groups excluding tert-OH is 1. The second-order valence-electron chi connectivity index (χ2n) is 7.61. The molecule has 2 aromatic carbocycles. The number of amides is 1. The number of hydrogen-bond acceptors (Lipinski definition) is 6. The summed E-state index contributed by atoms with van der Waals surface area (Å²) < 4.78 is 12.9. The van der Waals surface area contributed by atoms with Gasteiger partial charge in [-0.15, -0.1) is 0 Å². The summed E-state index contributed by atoms with van der Waals surface area (Å²) in [5.41, 5.74) is 3.59. The normalized spacial score (nSPS) is 10.5. The third-order valence-corrected chi connectivity index (χ3v) is 6.35. The average Bonchev–Trinajstić information content (AvgIpc) is 2.84. The molecule has 3 aromatic rings. The number of benzene rings is 2. The molecule has 0 radical (unpaired) electrons. The van der Waals surface area contributed by atoms with Gasteiger partial charge in [0.15, 0.2) is 0 Å². The lowest BCUT2D eigenvalue weighted by atomic mass is 10.1. The minimum atomic E-state index is -1.18. The summed E-state index contributed by atoms with van der Waals surface area (Å²) in [4.78, 5) is 16.7. The largest absolute Gasteiger partial charge is 0.488 e. The first-order valence-electron chi connectivity index (χ1n) is 10.6. The Morgan fingerprint density at radius 3 is 2.66 bits per heavy atom. The molecule has 0 saturated heterocycles. The number of nitrogens with zero attached hydrogens (tertiary/aromatic N) is 3. The summed E-state index contributed by atoms with van der Waals surface area (Å²) in [6.45, 7) is 1.90. The first kappa shape index (κ1) is 26.3. The minimum absolute atomic E-state index is 0.0492. The Kier molecular flexibility index (Phi) is 9.32. The molecule has 0 aliphatic heterocycles. The summed E-state index contributed by atoms with van der Waals surface area (Å²) in [6, 6.07) is 12.7. The summed E-state index contributed by atoms with van der Waals surface area (Å²) in [6.07, 6.45) is 1.85. The van der Waals surface area contributed by atoms with Crippen LogP contribution in [0.3, 0.4) is 0 Å². The molecule has 0 unspecified atom stereocenters. The van der Waals surface area contributed by atoms with Gasteiger partial charge in [0, 0.05) is 40.6 Å². The lowest BCUT2D eigenvalue weighted by molar-refractivity contribution is 0.128. The van der Waals surface area contributed by atoms with Crippen molar-refractivity contribution in [2.75, 3.05) is 13.2 Å². The number of aromatic nitrogens is 1. The monoisotopic (exact) mass is 559 g/mol. The molecule has 0 saturated carbocycles. The molecule has 0 atom stereocenters. The topological polar surface area (TPSA) is 116 Å². The van der Waals surface area contributed by atoms with Crippen molar-refractivity contribution in [3.05, 3.63) is 86.1 Å². The van der Waals surface area contributed by atoms with E-state index in [2.05, 4.69) is 20.9 Å². The fraction of sp³-hybridized carbons (Fsp3) is 0.240. The Labute approximate surface area is 216 Å². The lowest BCUT2D eigenvalue weighted by Crippen LogP contribution is -2.31. The van der Waals surface area contributed by atoms with Crippen LogP contribution in [0.2, 0.25) is 5.02 Å². The van der Waals surface area contributed by atoms with E-state index < -0.39 is 6.09 Å². The molecular formula is C25H23BrClN3O5. The zero-order valence-corrected chi connectivity index (χ0v) is 21.2. The number of nitriles is 1. The van der Waals surface area contributed by atoms with E-state index in [4.69, 9.17) is 26.3 Å². The van der Waals surface area contributed by atoms with Gasteiger partial charge in [-0.2, -0.15) is 5.26 Å². The maximum Gasteiger partial charge on any atom is 0.407 e. The molecule has 0 fully saturated rings. The van der Waals surface area contributed by atoms with Crippen LogP contribution in [0.25, 0.3) is 0 Å². The Hall–Kier alpha value is -3.32. The first-order valence-corrected chi connectivity index (χ1v) is 11.7. The molecule has 3 rings (SSSR count). The summed E-state index contributed by atoms with van der Waals surface area (Å²) in [7, 11) is 0. The Morgan fingerprint density at radius 1 is 1.17 bits per heavy atom. The van der Waals surface area contributed by atoms with E-state index in [0.29, 0.717) is 33.2 Å². The van der Waals surface area contributed by atoms with Crippen molar-refractivity contribution in [2.24, 2.45) is 0 Å². The molecule has 0 spiro atoms. The van der Waals surface area contributed by atoms with Gasteiger partial charge in [0.05, 0.1) is 23.7 Å². The highest BCUT2D eigenvalue weighted by atomic mass is 79.9. The van der Waals surface area contributed by atoms with Gasteiger partial charge in [0.2, 0.25) is 0 Å². The number of halogens is 2. The van der Waals surface area contributed by atoms with Gasteiger partial charge in [-0.3, -0.25) is 4.98 Å². The molecule has 35 heavy (non-hydrogen) atoms. The number of hydrogen-bond donors (Lipinski definition) is 2. The van der Waals surface area contributed by atoms with E-state index in [9.17, 15) is 15.0 Å². The van der Waals surface area contributed by atoms with E-state index in [-0.39, 0.29) is 32.9 Å². The average molecular weight is 561 g/mol.